The van der Waals surface area contributed by atoms with Gasteiger partial charge in [0.25, 0.3) is 0 Å². The van der Waals surface area contributed by atoms with Crippen molar-refractivity contribution in [3.63, 3.8) is 0 Å². The second kappa shape index (κ2) is 13.7. The molecule has 3 aromatic carbocycles. The molecule has 0 aliphatic carbocycles. The molecule has 2 heterocycles. The summed E-state index contributed by atoms with van der Waals surface area (Å²) in [5, 5.41) is 1.02. The zero-order valence-electron chi connectivity index (χ0n) is 27.2. The minimum Gasteiger partial charge on any atom is -0.495 e. The molecule has 0 unspecified atom stereocenters. The number of thioether (sulfide) groups is 1. The highest BCUT2D eigenvalue weighted by Crippen LogP contribution is 2.40. The summed E-state index contributed by atoms with van der Waals surface area (Å²) in [5.74, 6) is -0.487. The number of benzene rings is 3. The number of methoxy groups -OCH3 is 1. The predicted molar refractivity (Wildman–Crippen MR) is 184 cm³/mol. The van der Waals surface area contributed by atoms with Gasteiger partial charge >= 0.3 is 0 Å². The Labute approximate surface area is 290 Å². The fraction of sp³-hybridized carbons (Fsp3) is 0.382. The molecule has 0 N–H and O–H groups in total. The van der Waals surface area contributed by atoms with E-state index in [2.05, 4.69) is 0 Å². The van der Waals surface area contributed by atoms with E-state index in [9.17, 15) is 12.8 Å². The molecular formula is C34H39Cl2F2N4O3S2+. The van der Waals surface area contributed by atoms with Crippen LogP contribution in [0.25, 0.3) is 5.69 Å². The average Bonchev–Trinajstić information content (AvgIpc) is 3.45. The van der Waals surface area contributed by atoms with Crippen LogP contribution in [0.5, 0.6) is 5.75 Å². The zero-order valence-corrected chi connectivity index (χ0v) is 30.4. The highest BCUT2D eigenvalue weighted by Gasteiger charge is 2.37. The average molecular weight is 725 g/mol. The van der Waals surface area contributed by atoms with E-state index in [-0.39, 0.29) is 33.1 Å². The van der Waals surface area contributed by atoms with Gasteiger partial charge in [0.05, 0.1) is 56.6 Å². The zero-order chi connectivity index (χ0) is 34.3. The van der Waals surface area contributed by atoms with Gasteiger partial charge in [0.1, 0.15) is 23.4 Å². The van der Waals surface area contributed by atoms with E-state index in [0.29, 0.717) is 39.2 Å². The molecule has 0 spiro atoms. The van der Waals surface area contributed by atoms with Gasteiger partial charge in [-0.05, 0) is 60.5 Å². The Bertz CT molecular complexity index is 1850. The second-order valence-corrected chi connectivity index (χ2v) is 16.8. The summed E-state index contributed by atoms with van der Waals surface area (Å²) >= 11 is 14.1. The maximum Gasteiger partial charge on any atom is 0.243 e. The Morgan fingerprint density at radius 2 is 1.74 bits per heavy atom. The molecule has 1 atom stereocenters. The van der Waals surface area contributed by atoms with Crippen molar-refractivity contribution in [2.75, 3.05) is 41.3 Å². The Kier molecular flexibility index (Phi) is 10.4. The number of ether oxygens (including phenoxy) is 1. The third-order valence-corrected chi connectivity index (χ3v) is 12.4. The van der Waals surface area contributed by atoms with Crippen LogP contribution in [0.1, 0.15) is 43.5 Å². The fourth-order valence-electron chi connectivity index (χ4n) is 5.84. The number of rotatable bonds is 10. The maximum absolute atomic E-state index is 15.7. The molecule has 13 heteroatoms. The Morgan fingerprint density at radius 1 is 1.04 bits per heavy atom. The summed E-state index contributed by atoms with van der Waals surface area (Å²) in [4.78, 5) is 4.53. The van der Waals surface area contributed by atoms with Gasteiger partial charge < -0.3 is 9.22 Å². The van der Waals surface area contributed by atoms with E-state index in [1.807, 2.05) is 51.7 Å². The summed E-state index contributed by atoms with van der Waals surface area (Å²) in [5.41, 5.74) is 1.91. The number of aromatic nitrogens is 2. The molecule has 0 amide bonds. The number of likely N-dealkylation sites (N-methyl/N-ethyl adjacent to an activating group) is 1. The normalized spacial score (nSPS) is 16.4. The van der Waals surface area contributed by atoms with E-state index in [4.69, 9.17) is 32.9 Å². The van der Waals surface area contributed by atoms with Crippen molar-refractivity contribution in [2.24, 2.45) is 0 Å². The third-order valence-electron chi connectivity index (χ3n) is 8.88. The molecule has 4 aromatic rings. The number of hydrogen-bond acceptors (Lipinski definition) is 5. The van der Waals surface area contributed by atoms with Crippen molar-refractivity contribution in [2.45, 2.75) is 54.0 Å². The molecule has 1 aromatic heterocycles. The van der Waals surface area contributed by atoms with E-state index in [1.54, 1.807) is 31.5 Å². The molecule has 7 nitrogen and oxygen atoms in total. The minimum atomic E-state index is -3.95. The Balaban J connectivity index is 1.46. The molecule has 1 aliphatic rings. The van der Waals surface area contributed by atoms with E-state index in [0.717, 1.165) is 30.2 Å². The number of sulfonamides is 1. The van der Waals surface area contributed by atoms with Crippen LogP contribution >= 0.6 is 35.0 Å². The smallest absolute Gasteiger partial charge is 0.243 e. The number of piperidine rings is 1. The highest BCUT2D eigenvalue weighted by atomic mass is 35.5. The van der Waals surface area contributed by atoms with Crippen LogP contribution in [-0.4, -0.2) is 74.1 Å². The quantitative estimate of drug-likeness (QED) is 0.123. The summed E-state index contributed by atoms with van der Waals surface area (Å²) in [6.45, 7) is 4.79. The van der Waals surface area contributed by atoms with Crippen LogP contribution in [0.2, 0.25) is 10.0 Å². The number of nitrogens with zero attached hydrogens (tertiary/aromatic N) is 4. The summed E-state index contributed by atoms with van der Waals surface area (Å²) in [6.07, 6.45) is 3.39. The molecule has 0 bridgehead atoms. The molecule has 0 radical (unpaired) electrons. The Morgan fingerprint density at radius 3 is 2.38 bits per heavy atom. The summed E-state index contributed by atoms with van der Waals surface area (Å²) < 4.78 is 66.2. The first-order chi connectivity index (χ1) is 22.0. The lowest BCUT2D eigenvalue weighted by molar-refractivity contribution is -0.896. The lowest BCUT2D eigenvalue weighted by Crippen LogP contribution is -2.55. The number of hydrogen-bond donors (Lipinski definition) is 0. The molecule has 252 valence electrons. The first-order valence-electron chi connectivity index (χ1n) is 15.1. The second-order valence-electron chi connectivity index (χ2n) is 13.1. The summed E-state index contributed by atoms with van der Waals surface area (Å²) in [7, 11) is 3.74. The summed E-state index contributed by atoms with van der Waals surface area (Å²) in [6, 6.07) is 14.1. The lowest BCUT2D eigenvalue weighted by Gasteiger charge is -2.40. The maximum atomic E-state index is 15.7. The van der Waals surface area contributed by atoms with Gasteiger partial charge in [-0.1, -0.05) is 54.9 Å². The van der Waals surface area contributed by atoms with E-state index in [1.165, 1.54) is 34.3 Å². The number of quaternary nitrogens is 1. The highest BCUT2D eigenvalue weighted by molar-refractivity contribution is 7.98. The van der Waals surface area contributed by atoms with Crippen molar-refractivity contribution in [3.8, 4) is 11.4 Å². The van der Waals surface area contributed by atoms with E-state index >= 15 is 4.39 Å². The third kappa shape index (κ3) is 7.35. The monoisotopic (exact) mass is 723 g/mol. The lowest BCUT2D eigenvalue weighted by atomic mass is 9.81. The standard InChI is InChI=1S/C34H39Cl2F2N4O3S2/c1-34(2,22-9-14-28(35)31(16-22)45-6)32-19-39-33(41(32)24-12-10-23(37)11-13-24)46-21-27-29(36)17-26(18-30(27)38)47(43,44)40-15-7-8-25(20-40)42(3,4)5/h9-14,16-19,25H,7-8,15,20-21H2,1-6H3/q+1/t25-/m0/s1. The van der Waals surface area contributed by atoms with Crippen molar-refractivity contribution in [1.29, 1.82) is 0 Å². The van der Waals surface area contributed by atoms with Crippen molar-refractivity contribution in [1.82, 2.24) is 13.9 Å². The topological polar surface area (TPSA) is 64.4 Å². The largest absolute Gasteiger partial charge is 0.495 e. The van der Waals surface area contributed by atoms with Crippen LogP contribution in [0.4, 0.5) is 8.78 Å². The van der Waals surface area contributed by atoms with Gasteiger partial charge in [0, 0.05) is 40.4 Å². The minimum absolute atomic E-state index is 0.0185. The fourth-order valence-corrected chi connectivity index (χ4v) is 9.03. The predicted octanol–water partition coefficient (Wildman–Crippen LogP) is 7.94. The molecule has 1 aliphatic heterocycles. The van der Waals surface area contributed by atoms with Crippen molar-refractivity contribution in [3.05, 3.63) is 99.3 Å². The van der Waals surface area contributed by atoms with Crippen LogP contribution in [-0.2, 0) is 21.2 Å². The molecule has 0 saturated carbocycles. The molecule has 1 fully saturated rings. The van der Waals surface area contributed by atoms with Crippen LogP contribution < -0.4 is 4.74 Å². The molecule has 1 saturated heterocycles. The first kappa shape index (κ1) is 35.6. The van der Waals surface area contributed by atoms with Crippen LogP contribution in [0.15, 0.2) is 70.8 Å². The van der Waals surface area contributed by atoms with Gasteiger partial charge in [-0.25, -0.2) is 22.2 Å². The van der Waals surface area contributed by atoms with Crippen LogP contribution in [0, 0.1) is 11.6 Å². The number of halogens is 4. The molecule has 5 rings (SSSR count). The first-order valence-corrected chi connectivity index (χ1v) is 18.3. The van der Waals surface area contributed by atoms with Crippen molar-refractivity contribution >= 4 is 45.0 Å². The van der Waals surface area contributed by atoms with Gasteiger partial charge in [-0.3, -0.25) is 4.57 Å². The van der Waals surface area contributed by atoms with Crippen molar-refractivity contribution < 1.29 is 26.4 Å². The van der Waals surface area contributed by atoms with Gasteiger partial charge in [0.15, 0.2) is 5.16 Å². The van der Waals surface area contributed by atoms with Gasteiger partial charge in [0.2, 0.25) is 10.0 Å². The SMILES string of the molecule is COc1cc(C(C)(C)c2cnc(SCc3c(F)cc(S(=O)(=O)N4CCC[C@H]([N+](C)(C)C)C4)cc3Cl)n2-c2ccc(F)cc2)ccc1Cl. The van der Waals surface area contributed by atoms with Gasteiger partial charge in [-0.2, -0.15) is 4.31 Å². The van der Waals surface area contributed by atoms with Gasteiger partial charge in [-0.15, -0.1) is 0 Å². The number of imidazole rings is 1. The molecule has 47 heavy (non-hydrogen) atoms. The van der Waals surface area contributed by atoms with E-state index < -0.39 is 21.3 Å². The van der Waals surface area contributed by atoms with Crippen LogP contribution in [0.3, 0.4) is 0 Å². The Hall–Kier alpha value is -2.67. The molecular weight excluding hydrogens is 685 g/mol.